The van der Waals surface area contributed by atoms with Crippen LogP contribution in [0, 0.1) is 6.92 Å². The lowest BCUT2D eigenvalue weighted by atomic mass is 10.1. The molecule has 1 heterocycles. The minimum Gasteiger partial charge on any atom is -0.459 e. The first kappa shape index (κ1) is 17.8. The smallest absolute Gasteiger partial charge is 0.257 e. The molecule has 0 atom stereocenters. The van der Waals surface area contributed by atoms with Crippen molar-refractivity contribution in [1.82, 2.24) is 5.32 Å². The Balaban J connectivity index is 1.67. The fourth-order valence-electron chi connectivity index (χ4n) is 2.55. The van der Waals surface area contributed by atoms with Crippen LogP contribution in [0.1, 0.15) is 21.7 Å². The van der Waals surface area contributed by atoms with E-state index in [9.17, 15) is 4.79 Å². The molecule has 0 aliphatic rings. The van der Waals surface area contributed by atoms with Gasteiger partial charge in [0.05, 0.1) is 0 Å². The van der Waals surface area contributed by atoms with Gasteiger partial charge in [0.15, 0.2) is 5.11 Å². The standard InChI is InChI=1S/C20H18N2O3S/c1-13-11-15(7-9-17(13)18-10-8-16(12-23)25-18)21-20(26)22-19(24)14-5-3-2-4-6-14/h2-11,23H,12H2,1H3,(H2,21,22,24,26). The SMILES string of the molecule is Cc1cc(NC(=S)NC(=O)c2ccccc2)ccc1-c1ccc(CO)o1. The zero-order valence-corrected chi connectivity index (χ0v) is 15.0. The molecule has 3 N–H and O–H groups in total. The predicted octanol–water partition coefficient (Wildman–Crippen LogP) is 3.87. The van der Waals surface area contributed by atoms with Crippen LogP contribution in [-0.4, -0.2) is 16.1 Å². The fourth-order valence-corrected chi connectivity index (χ4v) is 2.76. The van der Waals surface area contributed by atoms with Crippen LogP contribution in [0.15, 0.2) is 65.1 Å². The monoisotopic (exact) mass is 366 g/mol. The Labute approximate surface area is 156 Å². The molecule has 0 saturated heterocycles. The van der Waals surface area contributed by atoms with Crippen LogP contribution >= 0.6 is 12.2 Å². The Morgan fingerprint density at radius 1 is 1.12 bits per heavy atom. The van der Waals surface area contributed by atoms with E-state index in [1.54, 1.807) is 30.3 Å². The Kier molecular flexibility index (Phi) is 5.46. The Morgan fingerprint density at radius 3 is 2.54 bits per heavy atom. The molecule has 5 nitrogen and oxygen atoms in total. The van der Waals surface area contributed by atoms with E-state index in [4.69, 9.17) is 21.7 Å². The number of carbonyl (C=O) groups excluding carboxylic acids is 1. The molecule has 2 aromatic carbocycles. The van der Waals surface area contributed by atoms with E-state index < -0.39 is 0 Å². The summed E-state index contributed by atoms with van der Waals surface area (Å²) in [6.07, 6.45) is 0. The average molecular weight is 366 g/mol. The Hall–Kier alpha value is -2.96. The normalized spacial score (nSPS) is 10.4. The summed E-state index contributed by atoms with van der Waals surface area (Å²) in [5, 5.41) is 15.0. The van der Waals surface area contributed by atoms with E-state index in [-0.39, 0.29) is 17.6 Å². The van der Waals surface area contributed by atoms with Gasteiger partial charge in [-0.25, -0.2) is 0 Å². The zero-order valence-electron chi connectivity index (χ0n) is 14.2. The van der Waals surface area contributed by atoms with Crippen LogP contribution in [0.3, 0.4) is 0 Å². The minimum absolute atomic E-state index is 0.131. The van der Waals surface area contributed by atoms with Gasteiger partial charge in [-0.2, -0.15) is 0 Å². The van der Waals surface area contributed by atoms with Crippen molar-refractivity contribution in [3.63, 3.8) is 0 Å². The molecule has 0 radical (unpaired) electrons. The highest BCUT2D eigenvalue weighted by Crippen LogP contribution is 2.27. The van der Waals surface area contributed by atoms with Crippen molar-refractivity contribution in [3.8, 4) is 11.3 Å². The number of hydrogen-bond donors (Lipinski definition) is 3. The van der Waals surface area contributed by atoms with E-state index in [0.29, 0.717) is 17.1 Å². The third-order valence-electron chi connectivity index (χ3n) is 3.83. The largest absolute Gasteiger partial charge is 0.459 e. The first-order valence-electron chi connectivity index (χ1n) is 8.05. The second-order valence-corrected chi connectivity index (χ2v) is 6.14. The lowest BCUT2D eigenvalue weighted by Crippen LogP contribution is -2.34. The maximum atomic E-state index is 12.1. The molecule has 1 aromatic heterocycles. The summed E-state index contributed by atoms with van der Waals surface area (Å²) in [6.45, 7) is 1.82. The van der Waals surface area contributed by atoms with Crippen LogP contribution in [0.25, 0.3) is 11.3 Å². The fraction of sp³-hybridized carbons (Fsp3) is 0.100. The maximum Gasteiger partial charge on any atom is 0.257 e. The molecule has 3 aromatic rings. The molecule has 0 bridgehead atoms. The molecule has 132 valence electrons. The van der Waals surface area contributed by atoms with Gasteiger partial charge in [-0.3, -0.25) is 10.1 Å². The van der Waals surface area contributed by atoms with Crippen molar-refractivity contribution in [2.24, 2.45) is 0 Å². The number of aliphatic hydroxyl groups excluding tert-OH is 1. The zero-order chi connectivity index (χ0) is 18.5. The number of aryl methyl sites for hydroxylation is 1. The molecule has 0 saturated carbocycles. The number of amides is 1. The number of carbonyl (C=O) groups is 1. The van der Waals surface area contributed by atoms with Crippen LogP contribution in [-0.2, 0) is 6.61 Å². The van der Waals surface area contributed by atoms with Gasteiger partial charge in [-0.05, 0) is 67.2 Å². The number of nitrogens with one attached hydrogen (secondary N) is 2. The number of aliphatic hydroxyl groups is 1. The van der Waals surface area contributed by atoms with Gasteiger partial charge in [-0.15, -0.1) is 0 Å². The van der Waals surface area contributed by atoms with E-state index in [1.165, 1.54) is 0 Å². The Morgan fingerprint density at radius 2 is 1.88 bits per heavy atom. The van der Waals surface area contributed by atoms with Crippen molar-refractivity contribution in [2.75, 3.05) is 5.32 Å². The molecule has 26 heavy (non-hydrogen) atoms. The Bertz CT molecular complexity index is 935. The van der Waals surface area contributed by atoms with E-state index in [2.05, 4.69) is 10.6 Å². The summed E-state index contributed by atoms with van der Waals surface area (Å²) >= 11 is 5.21. The van der Waals surface area contributed by atoms with Crippen LogP contribution in [0.2, 0.25) is 0 Å². The molecule has 1 amide bonds. The van der Waals surface area contributed by atoms with Crippen LogP contribution in [0.5, 0.6) is 0 Å². The molecular weight excluding hydrogens is 348 g/mol. The second kappa shape index (κ2) is 7.95. The summed E-state index contributed by atoms with van der Waals surface area (Å²) in [4.78, 5) is 12.1. The van der Waals surface area contributed by atoms with Crippen LogP contribution < -0.4 is 10.6 Å². The summed E-state index contributed by atoms with van der Waals surface area (Å²) in [7, 11) is 0. The number of furan rings is 1. The number of benzene rings is 2. The molecule has 0 spiro atoms. The van der Waals surface area contributed by atoms with Gasteiger partial charge < -0.3 is 14.8 Å². The third kappa shape index (κ3) is 4.17. The number of thiocarbonyl (C=S) groups is 1. The quantitative estimate of drug-likeness (QED) is 0.611. The topological polar surface area (TPSA) is 74.5 Å². The molecule has 0 aliphatic carbocycles. The highest BCUT2D eigenvalue weighted by Gasteiger charge is 2.10. The summed E-state index contributed by atoms with van der Waals surface area (Å²) in [5.41, 5.74) is 3.21. The van der Waals surface area contributed by atoms with Gasteiger partial charge in [-0.1, -0.05) is 18.2 Å². The summed E-state index contributed by atoms with van der Waals surface area (Å²) in [5.74, 6) is 0.952. The summed E-state index contributed by atoms with van der Waals surface area (Å²) in [6, 6.07) is 18.1. The maximum absolute atomic E-state index is 12.1. The predicted molar refractivity (Wildman–Crippen MR) is 105 cm³/mol. The molecule has 6 heteroatoms. The van der Waals surface area contributed by atoms with Gasteiger partial charge in [0, 0.05) is 16.8 Å². The van der Waals surface area contributed by atoms with E-state index in [0.717, 1.165) is 16.8 Å². The number of anilines is 1. The lowest BCUT2D eigenvalue weighted by molar-refractivity contribution is 0.0977. The second-order valence-electron chi connectivity index (χ2n) is 5.73. The number of hydrogen-bond acceptors (Lipinski definition) is 4. The molecule has 0 fully saturated rings. The molecule has 0 unspecified atom stereocenters. The number of rotatable bonds is 4. The minimum atomic E-state index is -0.261. The highest BCUT2D eigenvalue weighted by atomic mass is 32.1. The van der Waals surface area contributed by atoms with E-state index >= 15 is 0 Å². The highest BCUT2D eigenvalue weighted by molar-refractivity contribution is 7.80. The van der Waals surface area contributed by atoms with Crippen molar-refractivity contribution in [3.05, 3.63) is 77.6 Å². The van der Waals surface area contributed by atoms with Crippen molar-refractivity contribution >= 4 is 28.9 Å². The molecule has 0 aliphatic heterocycles. The first-order valence-corrected chi connectivity index (χ1v) is 8.45. The van der Waals surface area contributed by atoms with Gasteiger partial charge in [0.1, 0.15) is 18.1 Å². The van der Waals surface area contributed by atoms with Crippen molar-refractivity contribution < 1.29 is 14.3 Å². The van der Waals surface area contributed by atoms with Crippen molar-refractivity contribution in [2.45, 2.75) is 13.5 Å². The first-order chi connectivity index (χ1) is 12.6. The van der Waals surface area contributed by atoms with Crippen LogP contribution in [0.4, 0.5) is 5.69 Å². The average Bonchev–Trinajstić information content (AvgIpc) is 3.11. The lowest BCUT2D eigenvalue weighted by Gasteiger charge is -2.11. The van der Waals surface area contributed by atoms with Gasteiger partial charge in [0.25, 0.3) is 5.91 Å². The summed E-state index contributed by atoms with van der Waals surface area (Å²) < 4.78 is 5.57. The van der Waals surface area contributed by atoms with Gasteiger partial charge in [0.2, 0.25) is 0 Å². The van der Waals surface area contributed by atoms with Crippen molar-refractivity contribution in [1.29, 1.82) is 0 Å². The van der Waals surface area contributed by atoms with Gasteiger partial charge >= 0.3 is 0 Å². The molecule has 3 rings (SSSR count). The molecular formula is C20H18N2O3S. The van der Waals surface area contributed by atoms with E-state index in [1.807, 2.05) is 37.3 Å². The third-order valence-corrected chi connectivity index (χ3v) is 4.03.